The van der Waals surface area contributed by atoms with Gasteiger partial charge < -0.3 is 10.1 Å². The molecule has 1 aliphatic carbocycles. The second kappa shape index (κ2) is 12.2. The predicted octanol–water partition coefficient (Wildman–Crippen LogP) is 6.10. The number of nitriles is 1. The molecule has 2 heterocycles. The largest absolute Gasteiger partial charge is 0.486 e. The highest BCUT2D eigenvalue weighted by Crippen LogP contribution is 2.37. The molecule has 1 amide bonds. The van der Waals surface area contributed by atoms with E-state index in [-0.39, 0.29) is 18.3 Å². The van der Waals surface area contributed by atoms with Crippen LogP contribution in [0.5, 0.6) is 5.75 Å². The zero-order chi connectivity index (χ0) is 25.5. The summed E-state index contributed by atoms with van der Waals surface area (Å²) in [6, 6.07) is 10.4. The molecule has 9 heteroatoms. The van der Waals surface area contributed by atoms with E-state index in [4.69, 9.17) is 4.74 Å². The van der Waals surface area contributed by atoms with Gasteiger partial charge in [-0.15, -0.1) is 28.1 Å². The Bertz CT molecular complexity index is 1250. The van der Waals surface area contributed by atoms with Crippen LogP contribution in [-0.4, -0.2) is 26.4 Å². The van der Waals surface area contributed by atoms with Gasteiger partial charge in [-0.2, -0.15) is 5.26 Å². The average Bonchev–Trinajstić information content (AvgIpc) is 3.32. The van der Waals surface area contributed by atoms with Crippen LogP contribution in [0, 0.1) is 11.3 Å². The molecule has 188 valence electrons. The number of benzene rings is 1. The number of aryl methyl sites for hydroxylation is 1. The number of ether oxygens (including phenoxy) is 1. The molecule has 7 nitrogen and oxygen atoms in total. The van der Waals surface area contributed by atoms with Crippen LogP contribution in [-0.2, 0) is 30.8 Å². The number of allylic oxidation sites excluding steroid dienone is 1. The highest BCUT2D eigenvalue weighted by Gasteiger charge is 2.21. The Kier molecular flexibility index (Phi) is 8.83. The summed E-state index contributed by atoms with van der Waals surface area (Å²) in [6.45, 7) is 8.93. The number of hydrogen-bond donors (Lipinski definition) is 1. The van der Waals surface area contributed by atoms with E-state index in [9.17, 15) is 10.1 Å². The van der Waals surface area contributed by atoms with Crippen LogP contribution in [0.3, 0.4) is 0 Å². The van der Waals surface area contributed by atoms with Crippen LogP contribution < -0.4 is 10.1 Å². The van der Waals surface area contributed by atoms with Crippen LogP contribution in [0.15, 0.2) is 42.1 Å². The third-order valence-electron chi connectivity index (χ3n) is 6.14. The lowest BCUT2D eigenvalue weighted by atomic mass is 10.0. The Morgan fingerprint density at radius 2 is 2.06 bits per heavy atom. The number of fused-ring (bicyclic) bond motifs is 1. The third-order valence-corrected chi connectivity index (χ3v) is 8.31. The molecule has 0 unspecified atom stereocenters. The van der Waals surface area contributed by atoms with Crippen molar-refractivity contribution in [3.8, 4) is 11.8 Å². The van der Waals surface area contributed by atoms with E-state index in [1.54, 1.807) is 17.4 Å². The quantitative estimate of drug-likeness (QED) is 0.197. The van der Waals surface area contributed by atoms with Gasteiger partial charge in [-0.05, 0) is 54.9 Å². The number of aromatic nitrogens is 3. The van der Waals surface area contributed by atoms with Crippen molar-refractivity contribution < 1.29 is 9.53 Å². The summed E-state index contributed by atoms with van der Waals surface area (Å²) in [5, 5.41) is 22.5. The van der Waals surface area contributed by atoms with E-state index < -0.39 is 0 Å². The molecule has 4 rings (SSSR count). The molecule has 0 fully saturated rings. The minimum absolute atomic E-state index is 0.163. The molecular weight excluding hydrogens is 490 g/mol. The molecule has 2 aromatic heterocycles. The Hall–Kier alpha value is -3.09. The Morgan fingerprint density at radius 3 is 2.78 bits per heavy atom. The molecule has 0 spiro atoms. The molecule has 36 heavy (non-hydrogen) atoms. The monoisotopic (exact) mass is 521 g/mol. The van der Waals surface area contributed by atoms with Crippen molar-refractivity contribution in [2.75, 3.05) is 11.1 Å². The summed E-state index contributed by atoms with van der Waals surface area (Å²) in [6.07, 6.45) is 7.08. The van der Waals surface area contributed by atoms with Crippen molar-refractivity contribution in [2.24, 2.45) is 0 Å². The number of carbonyl (C=O) groups is 1. The Labute approximate surface area is 220 Å². The molecule has 0 atom stereocenters. The van der Waals surface area contributed by atoms with Gasteiger partial charge in [-0.3, -0.25) is 9.36 Å². The number of hydrogen-bond acceptors (Lipinski definition) is 7. The standard InChI is InChI=1S/C27H31N5O2S2/c1-4-14-32-24(16-34-20-12-10-19(11-13-20)18(2)3)30-31-27(32)35-17-25(33)29-26-22(15-28)21-8-6-5-7-9-23(21)36-26/h4,10-13,18H,1,5-9,14,16-17H2,2-3H3,(H,29,33). The molecule has 3 aromatic rings. The number of nitrogens with zero attached hydrogens (tertiary/aromatic N) is 4. The van der Waals surface area contributed by atoms with Gasteiger partial charge in [0.2, 0.25) is 5.91 Å². The lowest BCUT2D eigenvalue weighted by Crippen LogP contribution is -2.15. The van der Waals surface area contributed by atoms with Gasteiger partial charge >= 0.3 is 0 Å². The number of rotatable bonds is 10. The number of thiophene rings is 1. The summed E-state index contributed by atoms with van der Waals surface area (Å²) in [5.74, 6) is 1.90. The van der Waals surface area contributed by atoms with E-state index >= 15 is 0 Å². The van der Waals surface area contributed by atoms with Crippen LogP contribution in [0.25, 0.3) is 0 Å². The first-order valence-corrected chi connectivity index (χ1v) is 14.0. The van der Waals surface area contributed by atoms with Gasteiger partial charge in [0.1, 0.15) is 23.4 Å². The maximum Gasteiger partial charge on any atom is 0.235 e. The lowest BCUT2D eigenvalue weighted by Gasteiger charge is -2.10. The van der Waals surface area contributed by atoms with Gasteiger partial charge in [0.15, 0.2) is 11.0 Å². The molecule has 0 saturated heterocycles. The summed E-state index contributed by atoms with van der Waals surface area (Å²) in [7, 11) is 0. The van der Waals surface area contributed by atoms with Gasteiger partial charge in [0, 0.05) is 11.4 Å². The molecule has 0 saturated carbocycles. The number of anilines is 1. The van der Waals surface area contributed by atoms with Gasteiger partial charge in [0.25, 0.3) is 0 Å². The normalized spacial score (nSPS) is 13.1. The first-order valence-electron chi connectivity index (χ1n) is 12.2. The van der Waals surface area contributed by atoms with Crippen molar-refractivity contribution in [1.82, 2.24) is 14.8 Å². The Morgan fingerprint density at radius 1 is 1.28 bits per heavy atom. The molecular formula is C27H31N5O2S2. The zero-order valence-corrected chi connectivity index (χ0v) is 22.4. The van der Waals surface area contributed by atoms with Crippen molar-refractivity contribution >= 4 is 34.0 Å². The second-order valence-electron chi connectivity index (χ2n) is 9.03. The van der Waals surface area contributed by atoms with Crippen molar-refractivity contribution in [1.29, 1.82) is 5.26 Å². The van der Waals surface area contributed by atoms with Crippen LogP contribution >= 0.6 is 23.1 Å². The molecule has 0 bridgehead atoms. The lowest BCUT2D eigenvalue weighted by molar-refractivity contribution is -0.113. The van der Waals surface area contributed by atoms with E-state index in [2.05, 4.69) is 54.1 Å². The van der Waals surface area contributed by atoms with E-state index in [0.717, 1.165) is 37.0 Å². The minimum Gasteiger partial charge on any atom is -0.486 e. The maximum absolute atomic E-state index is 12.8. The summed E-state index contributed by atoms with van der Waals surface area (Å²) in [4.78, 5) is 14.0. The first-order chi connectivity index (χ1) is 17.5. The van der Waals surface area contributed by atoms with E-state index in [1.807, 2.05) is 16.7 Å². The zero-order valence-electron chi connectivity index (χ0n) is 20.7. The Balaban J connectivity index is 1.38. The topological polar surface area (TPSA) is 92.8 Å². The number of nitrogens with one attached hydrogen (secondary N) is 1. The van der Waals surface area contributed by atoms with Crippen LogP contribution in [0.4, 0.5) is 5.00 Å². The SMILES string of the molecule is C=CCn1c(COc2ccc(C(C)C)cc2)nnc1SCC(=O)Nc1sc2c(c1C#N)CCCCC2. The van der Waals surface area contributed by atoms with E-state index in [0.29, 0.717) is 34.0 Å². The molecule has 1 aromatic carbocycles. The fraction of sp³-hybridized carbons (Fsp3) is 0.407. The van der Waals surface area contributed by atoms with Crippen LogP contribution in [0.2, 0.25) is 0 Å². The van der Waals surface area contributed by atoms with Crippen LogP contribution in [0.1, 0.15) is 66.4 Å². The summed E-state index contributed by atoms with van der Waals surface area (Å²) >= 11 is 2.85. The molecule has 1 N–H and O–H groups in total. The number of carbonyl (C=O) groups excluding carboxylic acids is 1. The highest BCUT2D eigenvalue weighted by molar-refractivity contribution is 7.99. The van der Waals surface area contributed by atoms with E-state index in [1.165, 1.54) is 28.6 Å². The van der Waals surface area contributed by atoms with Crippen molar-refractivity contribution in [3.05, 3.63) is 64.3 Å². The third kappa shape index (κ3) is 6.18. The molecule has 0 aliphatic heterocycles. The average molecular weight is 522 g/mol. The van der Waals surface area contributed by atoms with Gasteiger partial charge in [-0.25, -0.2) is 0 Å². The fourth-order valence-corrected chi connectivity index (χ4v) is 6.21. The number of amides is 1. The molecule has 1 aliphatic rings. The van der Waals surface area contributed by atoms with Crippen molar-refractivity contribution in [3.63, 3.8) is 0 Å². The maximum atomic E-state index is 12.8. The van der Waals surface area contributed by atoms with Gasteiger partial charge in [0.05, 0.1) is 11.3 Å². The van der Waals surface area contributed by atoms with Gasteiger partial charge in [-0.1, -0.05) is 50.2 Å². The number of thioether (sulfide) groups is 1. The second-order valence-corrected chi connectivity index (χ2v) is 11.1. The smallest absolute Gasteiger partial charge is 0.235 e. The predicted molar refractivity (Wildman–Crippen MR) is 145 cm³/mol. The molecule has 0 radical (unpaired) electrons. The summed E-state index contributed by atoms with van der Waals surface area (Å²) in [5.41, 5.74) is 3.01. The summed E-state index contributed by atoms with van der Waals surface area (Å²) < 4.78 is 7.83. The highest BCUT2D eigenvalue weighted by atomic mass is 32.2. The fourth-order valence-electron chi connectivity index (χ4n) is 4.18. The van der Waals surface area contributed by atoms with Crippen molar-refractivity contribution in [2.45, 2.75) is 70.2 Å². The minimum atomic E-state index is -0.163. The first kappa shape index (κ1) is 26.0.